The van der Waals surface area contributed by atoms with Crippen molar-refractivity contribution in [3.05, 3.63) is 46.3 Å². The molecule has 5 nitrogen and oxygen atoms in total. The molecule has 0 saturated heterocycles. The maximum absolute atomic E-state index is 13.2. The topological polar surface area (TPSA) is 77.2 Å². The van der Waals surface area contributed by atoms with Crippen molar-refractivity contribution >= 4 is 39.1 Å². The van der Waals surface area contributed by atoms with Gasteiger partial charge in [0.1, 0.15) is 17.2 Å². The molecule has 0 saturated carbocycles. The molecule has 0 aliphatic rings. The zero-order valence-electron chi connectivity index (χ0n) is 11.2. The molecule has 0 fully saturated rings. The van der Waals surface area contributed by atoms with Crippen LogP contribution in [0, 0.1) is 5.82 Å². The number of benzene rings is 1. The third-order valence-corrected chi connectivity index (χ3v) is 3.19. The second kappa shape index (κ2) is 6.53. The summed E-state index contributed by atoms with van der Waals surface area (Å²) < 4.78 is 18.5. The molecule has 1 aromatic heterocycles. The number of pyridine rings is 1. The SMILES string of the molecule is CCOC(=O)c1cc(N)cnc1Nc1ccc(F)c(Br)c1. The van der Waals surface area contributed by atoms with Crippen molar-refractivity contribution in [3.63, 3.8) is 0 Å². The first kappa shape index (κ1) is 15.2. The van der Waals surface area contributed by atoms with Crippen LogP contribution in [0.5, 0.6) is 0 Å². The summed E-state index contributed by atoms with van der Waals surface area (Å²) in [5, 5.41) is 2.94. The molecule has 0 spiro atoms. The summed E-state index contributed by atoms with van der Waals surface area (Å²) in [6.45, 7) is 1.96. The Morgan fingerprint density at radius 1 is 1.48 bits per heavy atom. The Kier molecular flexibility index (Phi) is 4.74. The standard InChI is InChI=1S/C14H13BrFN3O2/c1-2-21-14(20)10-5-8(17)7-18-13(10)19-9-3-4-12(16)11(15)6-9/h3-7H,2,17H2,1H3,(H,18,19). The van der Waals surface area contributed by atoms with Gasteiger partial charge in [-0.2, -0.15) is 0 Å². The van der Waals surface area contributed by atoms with Gasteiger partial charge >= 0.3 is 5.97 Å². The van der Waals surface area contributed by atoms with Gasteiger partial charge in [-0.25, -0.2) is 14.2 Å². The molecule has 110 valence electrons. The van der Waals surface area contributed by atoms with Crippen LogP contribution in [0.3, 0.4) is 0 Å². The van der Waals surface area contributed by atoms with Crippen LogP contribution in [0.25, 0.3) is 0 Å². The molecule has 0 atom stereocenters. The Morgan fingerprint density at radius 2 is 2.24 bits per heavy atom. The largest absolute Gasteiger partial charge is 0.462 e. The van der Waals surface area contributed by atoms with Crippen molar-refractivity contribution in [2.24, 2.45) is 0 Å². The number of nitrogens with one attached hydrogen (secondary N) is 1. The van der Waals surface area contributed by atoms with Crippen LogP contribution in [-0.2, 0) is 4.74 Å². The van der Waals surface area contributed by atoms with E-state index in [0.29, 0.717) is 21.7 Å². The fourth-order valence-corrected chi connectivity index (χ4v) is 2.03. The van der Waals surface area contributed by atoms with Crippen LogP contribution in [0.4, 0.5) is 21.6 Å². The summed E-state index contributed by atoms with van der Waals surface area (Å²) in [7, 11) is 0. The van der Waals surface area contributed by atoms with E-state index in [4.69, 9.17) is 10.5 Å². The number of nitrogens with zero attached hydrogens (tertiary/aromatic N) is 1. The van der Waals surface area contributed by atoms with E-state index in [1.54, 1.807) is 13.0 Å². The van der Waals surface area contributed by atoms with Gasteiger partial charge in [-0.3, -0.25) is 0 Å². The van der Waals surface area contributed by atoms with Crippen LogP contribution in [-0.4, -0.2) is 17.6 Å². The molecule has 0 bridgehead atoms. The summed E-state index contributed by atoms with van der Waals surface area (Å²) in [5.41, 5.74) is 6.79. The first-order valence-corrected chi connectivity index (χ1v) is 6.95. The van der Waals surface area contributed by atoms with Gasteiger partial charge in [-0.15, -0.1) is 0 Å². The first-order chi connectivity index (χ1) is 10.0. The third kappa shape index (κ3) is 3.69. The molecule has 2 rings (SSSR count). The molecule has 7 heteroatoms. The number of anilines is 3. The van der Waals surface area contributed by atoms with E-state index in [1.807, 2.05) is 0 Å². The highest BCUT2D eigenvalue weighted by Crippen LogP contribution is 2.25. The summed E-state index contributed by atoms with van der Waals surface area (Å²) in [4.78, 5) is 16.0. The second-order valence-electron chi connectivity index (χ2n) is 4.14. The average Bonchev–Trinajstić information content (AvgIpc) is 2.45. The lowest BCUT2D eigenvalue weighted by molar-refractivity contribution is 0.0527. The number of rotatable bonds is 4. The van der Waals surface area contributed by atoms with Gasteiger partial charge in [-0.05, 0) is 47.1 Å². The monoisotopic (exact) mass is 353 g/mol. The fourth-order valence-electron chi connectivity index (χ4n) is 1.66. The number of nitrogens with two attached hydrogens (primary N) is 1. The van der Waals surface area contributed by atoms with E-state index in [1.165, 1.54) is 24.4 Å². The molecule has 21 heavy (non-hydrogen) atoms. The minimum Gasteiger partial charge on any atom is -0.462 e. The zero-order valence-corrected chi connectivity index (χ0v) is 12.8. The number of carbonyl (C=O) groups excluding carboxylic acids is 1. The number of nitrogen functional groups attached to an aromatic ring is 1. The molecule has 0 unspecified atom stereocenters. The van der Waals surface area contributed by atoms with E-state index in [2.05, 4.69) is 26.2 Å². The van der Waals surface area contributed by atoms with Gasteiger partial charge in [0.25, 0.3) is 0 Å². The second-order valence-corrected chi connectivity index (χ2v) is 4.99. The Bertz CT molecular complexity index is 679. The predicted molar refractivity (Wildman–Crippen MR) is 82.0 cm³/mol. The average molecular weight is 354 g/mol. The smallest absolute Gasteiger partial charge is 0.341 e. The minimum atomic E-state index is -0.527. The van der Waals surface area contributed by atoms with E-state index >= 15 is 0 Å². The lowest BCUT2D eigenvalue weighted by atomic mass is 10.2. The number of aromatic nitrogens is 1. The van der Waals surface area contributed by atoms with E-state index in [-0.39, 0.29) is 18.0 Å². The molecule has 1 aromatic carbocycles. The summed E-state index contributed by atoms with van der Waals surface area (Å²) in [6.07, 6.45) is 1.42. The van der Waals surface area contributed by atoms with Crippen LogP contribution in [0.2, 0.25) is 0 Å². The molecule has 0 aliphatic heterocycles. The highest BCUT2D eigenvalue weighted by Gasteiger charge is 2.15. The van der Waals surface area contributed by atoms with E-state index in [9.17, 15) is 9.18 Å². The number of hydrogen-bond acceptors (Lipinski definition) is 5. The van der Waals surface area contributed by atoms with Crippen molar-refractivity contribution in [1.29, 1.82) is 0 Å². The van der Waals surface area contributed by atoms with Crippen LogP contribution in [0.1, 0.15) is 17.3 Å². The molecule has 0 radical (unpaired) electrons. The summed E-state index contributed by atoms with van der Waals surface area (Å²) in [6, 6.07) is 5.86. The van der Waals surface area contributed by atoms with Crippen molar-refractivity contribution in [3.8, 4) is 0 Å². The molecule has 0 aliphatic carbocycles. The van der Waals surface area contributed by atoms with Crippen molar-refractivity contribution in [1.82, 2.24) is 4.98 Å². The fraction of sp³-hybridized carbons (Fsp3) is 0.143. The Balaban J connectivity index is 2.34. The molecule has 3 N–H and O–H groups in total. The third-order valence-electron chi connectivity index (χ3n) is 2.59. The Labute approximate surface area is 129 Å². The molecule has 2 aromatic rings. The van der Waals surface area contributed by atoms with Crippen molar-refractivity contribution < 1.29 is 13.9 Å². The van der Waals surface area contributed by atoms with Gasteiger partial charge in [0.15, 0.2) is 0 Å². The maximum Gasteiger partial charge on any atom is 0.341 e. The number of esters is 1. The Hall–Kier alpha value is -2.15. The highest BCUT2D eigenvalue weighted by atomic mass is 79.9. The van der Waals surface area contributed by atoms with Crippen molar-refractivity contribution in [2.75, 3.05) is 17.7 Å². The quantitative estimate of drug-likeness (QED) is 0.822. The van der Waals surface area contributed by atoms with Gasteiger partial charge < -0.3 is 15.8 Å². The number of hydrogen-bond donors (Lipinski definition) is 2. The Morgan fingerprint density at radius 3 is 2.90 bits per heavy atom. The van der Waals surface area contributed by atoms with Crippen molar-refractivity contribution in [2.45, 2.75) is 6.92 Å². The van der Waals surface area contributed by atoms with Gasteiger partial charge in [0.2, 0.25) is 0 Å². The van der Waals surface area contributed by atoms with Crippen LogP contribution in [0.15, 0.2) is 34.9 Å². The minimum absolute atomic E-state index is 0.220. The van der Waals surface area contributed by atoms with E-state index in [0.717, 1.165) is 0 Å². The van der Waals surface area contributed by atoms with Gasteiger partial charge in [0, 0.05) is 5.69 Å². The van der Waals surface area contributed by atoms with Gasteiger partial charge in [0.05, 0.1) is 23.0 Å². The first-order valence-electron chi connectivity index (χ1n) is 6.16. The molecule has 0 amide bonds. The highest BCUT2D eigenvalue weighted by molar-refractivity contribution is 9.10. The number of ether oxygens (including phenoxy) is 1. The zero-order chi connectivity index (χ0) is 15.4. The summed E-state index contributed by atoms with van der Waals surface area (Å²) in [5.74, 6) is -0.612. The number of carbonyl (C=O) groups is 1. The maximum atomic E-state index is 13.2. The lowest BCUT2D eigenvalue weighted by Crippen LogP contribution is -2.10. The lowest BCUT2D eigenvalue weighted by Gasteiger charge is -2.11. The van der Waals surface area contributed by atoms with E-state index < -0.39 is 5.97 Å². The number of halogens is 2. The van der Waals surface area contributed by atoms with Gasteiger partial charge in [-0.1, -0.05) is 0 Å². The van der Waals surface area contributed by atoms with Crippen LogP contribution >= 0.6 is 15.9 Å². The molecule has 1 heterocycles. The normalized spacial score (nSPS) is 10.2. The predicted octanol–water partition coefficient (Wildman–Crippen LogP) is 3.49. The van der Waals surface area contributed by atoms with Crippen LogP contribution < -0.4 is 11.1 Å². The molecular formula is C14H13BrFN3O2. The summed E-state index contributed by atoms with van der Waals surface area (Å²) >= 11 is 3.10. The molecular weight excluding hydrogens is 341 g/mol.